The van der Waals surface area contributed by atoms with Crippen molar-refractivity contribution in [1.82, 2.24) is 9.55 Å². The van der Waals surface area contributed by atoms with Crippen molar-refractivity contribution in [2.75, 3.05) is 11.1 Å². The van der Waals surface area contributed by atoms with Gasteiger partial charge >= 0.3 is 0 Å². The van der Waals surface area contributed by atoms with Crippen LogP contribution >= 0.6 is 23.4 Å². The van der Waals surface area contributed by atoms with Crippen LogP contribution in [0.1, 0.15) is 25.3 Å². The summed E-state index contributed by atoms with van der Waals surface area (Å²) in [4.78, 5) is 17.0. The van der Waals surface area contributed by atoms with Crippen LogP contribution in [0, 0.1) is 11.3 Å². The van der Waals surface area contributed by atoms with Gasteiger partial charge in [-0.25, -0.2) is 18.5 Å². The maximum absolute atomic E-state index is 12.5. The number of carbonyl (C=O) groups excluding carboxylic acids is 1. The Labute approximate surface area is 189 Å². The Kier molecular flexibility index (Phi) is 7.23. The van der Waals surface area contributed by atoms with E-state index in [4.69, 9.17) is 16.7 Å². The highest BCUT2D eigenvalue weighted by Gasteiger charge is 2.16. The number of carbonyl (C=O) groups is 1. The standard InChI is InChI=1S/C20H20ClN5O3S2/c1-2-3-8-26-18-7-6-15(31(23,28)29)10-17(18)25-20(26)30-12-19(27)24-16-9-14(21)5-4-13(16)11-22/h4-7,9-10H,2-3,8,12H2,1H3,(H,24,27)(H2,23,28,29). The fourth-order valence-electron chi connectivity index (χ4n) is 2.94. The number of unbranched alkanes of at least 4 members (excludes halogenated alkanes) is 1. The quantitative estimate of drug-likeness (QED) is 0.475. The zero-order chi connectivity index (χ0) is 22.6. The number of imidazole rings is 1. The maximum Gasteiger partial charge on any atom is 0.238 e. The van der Waals surface area contributed by atoms with Crippen molar-refractivity contribution >= 4 is 56.0 Å². The molecule has 1 heterocycles. The molecule has 0 fully saturated rings. The number of sulfonamides is 1. The molecule has 0 spiro atoms. The summed E-state index contributed by atoms with van der Waals surface area (Å²) in [6.07, 6.45) is 1.86. The molecule has 3 aromatic rings. The molecule has 31 heavy (non-hydrogen) atoms. The number of nitrogens with two attached hydrogens (primary N) is 1. The van der Waals surface area contributed by atoms with Crippen molar-refractivity contribution in [3.63, 3.8) is 0 Å². The van der Waals surface area contributed by atoms with E-state index in [1.54, 1.807) is 18.2 Å². The maximum atomic E-state index is 12.5. The molecule has 162 valence electrons. The second kappa shape index (κ2) is 9.70. The van der Waals surface area contributed by atoms with Crippen molar-refractivity contribution in [2.24, 2.45) is 5.14 Å². The van der Waals surface area contributed by atoms with E-state index in [9.17, 15) is 18.5 Å². The Morgan fingerprint density at radius 1 is 1.32 bits per heavy atom. The first-order valence-electron chi connectivity index (χ1n) is 9.38. The average molecular weight is 478 g/mol. The summed E-state index contributed by atoms with van der Waals surface area (Å²) < 4.78 is 25.3. The molecule has 0 radical (unpaired) electrons. The van der Waals surface area contributed by atoms with Gasteiger partial charge in [-0.2, -0.15) is 5.26 Å². The molecule has 0 aliphatic rings. The van der Waals surface area contributed by atoms with Crippen molar-refractivity contribution in [3.05, 3.63) is 47.0 Å². The molecule has 0 aliphatic carbocycles. The molecule has 8 nitrogen and oxygen atoms in total. The number of anilines is 1. The Morgan fingerprint density at radius 3 is 2.77 bits per heavy atom. The molecule has 0 unspecified atom stereocenters. The second-order valence-corrected chi connectivity index (χ2v) is 9.67. The van der Waals surface area contributed by atoms with Crippen LogP contribution in [0.3, 0.4) is 0 Å². The van der Waals surface area contributed by atoms with E-state index >= 15 is 0 Å². The number of primary sulfonamides is 1. The highest BCUT2D eigenvalue weighted by molar-refractivity contribution is 7.99. The molecule has 1 aromatic heterocycles. The Hall–Kier alpha value is -2.58. The van der Waals surface area contributed by atoms with Gasteiger partial charge in [-0.3, -0.25) is 4.79 Å². The number of hydrogen-bond acceptors (Lipinski definition) is 6. The Balaban J connectivity index is 1.84. The first-order chi connectivity index (χ1) is 14.7. The summed E-state index contributed by atoms with van der Waals surface area (Å²) in [7, 11) is -3.84. The van der Waals surface area contributed by atoms with Crippen LogP contribution < -0.4 is 10.5 Å². The van der Waals surface area contributed by atoms with Gasteiger partial charge in [0, 0.05) is 11.6 Å². The lowest BCUT2D eigenvalue weighted by Gasteiger charge is -2.09. The third-order valence-electron chi connectivity index (χ3n) is 4.46. The smallest absolute Gasteiger partial charge is 0.238 e. The number of halogens is 1. The topological polar surface area (TPSA) is 131 Å². The number of aryl methyl sites for hydroxylation is 1. The van der Waals surface area contributed by atoms with Crippen LogP contribution in [0.15, 0.2) is 46.5 Å². The zero-order valence-corrected chi connectivity index (χ0v) is 19.0. The molecule has 0 saturated carbocycles. The fraction of sp³-hybridized carbons (Fsp3) is 0.250. The van der Waals surface area contributed by atoms with E-state index in [1.165, 1.54) is 30.0 Å². The summed E-state index contributed by atoms with van der Waals surface area (Å²) in [6, 6.07) is 11.2. The minimum absolute atomic E-state index is 0.0144. The third-order valence-corrected chi connectivity index (χ3v) is 6.58. The van der Waals surface area contributed by atoms with Gasteiger partial charge in [0.15, 0.2) is 5.16 Å². The number of rotatable bonds is 8. The van der Waals surface area contributed by atoms with Crippen LogP contribution in [-0.4, -0.2) is 29.6 Å². The van der Waals surface area contributed by atoms with Gasteiger partial charge < -0.3 is 9.88 Å². The average Bonchev–Trinajstić information content (AvgIpc) is 3.07. The molecule has 2 aromatic carbocycles. The lowest BCUT2D eigenvalue weighted by Crippen LogP contribution is -2.15. The lowest BCUT2D eigenvalue weighted by atomic mass is 10.2. The van der Waals surface area contributed by atoms with E-state index in [0.717, 1.165) is 18.4 Å². The summed E-state index contributed by atoms with van der Waals surface area (Å²) in [6.45, 7) is 2.74. The minimum Gasteiger partial charge on any atom is -0.324 e. The van der Waals surface area contributed by atoms with Gasteiger partial charge in [0.05, 0.1) is 32.9 Å². The van der Waals surface area contributed by atoms with Crippen LogP contribution in [0.5, 0.6) is 0 Å². The number of hydrogen-bond donors (Lipinski definition) is 2. The molecule has 1 amide bonds. The molecular weight excluding hydrogens is 458 g/mol. The summed E-state index contributed by atoms with van der Waals surface area (Å²) in [5, 5.41) is 18.1. The van der Waals surface area contributed by atoms with E-state index < -0.39 is 10.0 Å². The molecule has 0 saturated heterocycles. The molecule has 0 aliphatic heterocycles. The Morgan fingerprint density at radius 2 is 2.10 bits per heavy atom. The lowest BCUT2D eigenvalue weighted by molar-refractivity contribution is -0.113. The number of amides is 1. The molecular formula is C20H20ClN5O3S2. The number of thioether (sulfide) groups is 1. The van der Waals surface area contributed by atoms with Crippen LogP contribution in [-0.2, 0) is 21.4 Å². The number of benzene rings is 2. The highest BCUT2D eigenvalue weighted by atomic mass is 35.5. The van der Waals surface area contributed by atoms with Crippen molar-refractivity contribution in [1.29, 1.82) is 5.26 Å². The normalized spacial score (nSPS) is 11.4. The fourth-order valence-corrected chi connectivity index (χ4v) is 4.49. The number of fused-ring (bicyclic) bond motifs is 1. The molecule has 0 atom stereocenters. The van der Waals surface area contributed by atoms with Crippen LogP contribution in [0.25, 0.3) is 11.0 Å². The number of nitrogens with one attached hydrogen (secondary N) is 1. The van der Waals surface area contributed by atoms with Crippen molar-refractivity contribution in [2.45, 2.75) is 36.4 Å². The van der Waals surface area contributed by atoms with Gasteiger partial charge in [-0.05, 0) is 42.8 Å². The largest absolute Gasteiger partial charge is 0.324 e. The van der Waals surface area contributed by atoms with Gasteiger partial charge in [0.25, 0.3) is 0 Å². The van der Waals surface area contributed by atoms with Gasteiger partial charge in [-0.1, -0.05) is 36.7 Å². The minimum atomic E-state index is -3.84. The predicted molar refractivity (Wildman–Crippen MR) is 122 cm³/mol. The van der Waals surface area contributed by atoms with Crippen molar-refractivity contribution in [3.8, 4) is 6.07 Å². The third kappa shape index (κ3) is 5.57. The van der Waals surface area contributed by atoms with E-state index in [1.807, 2.05) is 10.6 Å². The monoisotopic (exact) mass is 477 g/mol. The highest BCUT2D eigenvalue weighted by Crippen LogP contribution is 2.27. The molecule has 11 heteroatoms. The van der Waals surface area contributed by atoms with Gasteiger partial charge in [0.2, 0.25) is 15.9 Å². The van der Waals surface area contributed by atoms with E-state index in [0.29, 0.717) is 33.5 Å². The van der Waals surface area contributed by atoms with Crippen LogP contribution in [0.4, 0.5) is 5.69 Å². The van der Waals surface area contributed by atoms with Gasteiger partial charge in [0.1, 0.15) is 6.07 Å². The molecule has 3 rings (SSSR count). The summed E-state index contributed by atoms with van der Waals surface area (Å²) in [5.41, 5.74) is 1.92. The zero-order valence-electron chi connectivity index (χ0n) is 16.6. The second-order valence-electron chi connectivity index (χ2n) is 6.73. The number of nitrogens with zero attached hydrogens (tertiary/aromatic N) is 3. The molecule has 3 N–H and O–H groups in total. The van der Waals surface area contributed by atoms with E-state index in [-0.39, 0.29) is 16.6 Å². The molecule has 0 bridgehead atoms. The van der Waals surface area contributed by atoms with Crippen molar-refractivity contribution < 1.29 is 13.2 Å². The SMILES string of the molecule is CCCCn1c(SCC(=O)Nc2cc(Cl)ccc2C#N)nc2cc(S(N)(=O)=O)ccc21. The predicted octanol–water partition coefficient (Wildman–Crippen LogP) is 3.74. The summed E-state index contributed by atoms with van der Waals surface area (Å²) >= 11 is 7.18. The van der Waals surface area contributed by atoms with E-state index in [2.05, 4.69) is 17.2 Å². The van der Waals surface area contributed by atoms with Crippen LogP contribution in [0.2, 0.25) is 5.02 Å². The number of aromatic nitrogens is 2. The Bertz CT molecular complexity index is 1280. The number of nitriles is 1. The first-order valence-corrected chi connectivity index (χ1v) is 12.3. The first kappa shape index (κ1) is 23.1. The summed E-state index contributed by atoms with van der Waals surface area (Å²) in [5.74, 6) is -0.266. The van der Waals surface area contributed by atoms with Gasteiger partial charge in [-0.15, -0.1) is 0 Å².